The Hall–Kier alpha value is -2.32. The van der Waals surface area contributed by atoms with Gasteiger partial charge < -0.3 is 15.4 Å². The molecule has 1 amide bonds. The topological polar surface area (TPSA) is 67.4 Å². The van der Waals surface area contributed by atoms with Gasteiger partial charge in [0, 0.05) is 36.5 Å². The number of carbonyl (C=O) groups is 2. The average molecular weight is 497 g/mol. The SMILES string of the molecule is CC(=O)N[C@@H](Cc1cc(F)cc(F)c1)[C@@H](CNC(C)(C)c1cccc(Br)c1)OC(C)=O. The molecule has 2 aromatic carbocycles. The summed E-state index contributed by atoms with van der Waals surface area (Å²) in [5.74, 6) is -2.29. The highest BCUT2D eigenvalue weighted by molar-refractivity contribution is 9.10. The van der Waals surface area contributed by atoms with E-state index in [9.17, 15) is 18.4 Å². The molecule has 0 bridgehead atoms. The molecule has 168 valence electrons. The third-order valence-corrected chi connectivity index (χ3v) is 5.32. The van der Waals surface area contributed by atoms with Crippen LogP contribution in [-0.4, -0.2) is 30.6 Å². The van der Waals surface area contributed by atoms with Crippen LogP contribution in [0.2, 0.25) is 0 Å². The molecule has 0 saturated heterocycles. The lowest BCUT2D eigenvalue weighted by Crippen LogP contribution is -2.52. The number of hydrogen-bond acceptors (Lipinski definition) is 4. The van der Waals surface area contributed by atoms with E-state index in [-0.39, 0.29) is 18.9 Å². The molecule has 0 radical (unpaired) electrons. The van der Waals surface area contributed by atoms with E-state index in [1.165, 1.54) is 26.0 Å². The molecule has 2 rings (SSSR count). The minimum absolute atomic E-state index is 0.0885. The molecule has 2 atom stereocenters. The van der Waals surface area contributed by atoms with Crippen molar-refractivity contribution in [3.05, 3.63) is 69.7 Å². The zero-order valence-corrected chi connectivity index (χ0v) is 19.6. The zero-order chi connectivity index (χ0) is 23.2. The minimum atomic E-state index is -0.765. The van der Waals surface area contributed by atoms with Gasteiger partial charge in [-0.2, -0.15) is 0 Å². The van der Waals surface area contributed by atoms with Crippen molar-refractivity contribution in [2.24, 2.45) is 0 Å². The van der Waals surface area contributed by atoms with Gasteiger partial charge in [-0.3, -0.25) is 9.59 Å². The fraction of sp³-hybridized carbons (Fsp3) is 0.391. The maximum absolute atomic E-state index is 13.6. The van der Waals surface area contributed by atoms with Gasteiger partial charge in [-0.25, -0.2) is 8.78 Å². The van der Waals surface area contributed by atoms with E-state index in [1.807, 2.05) is 38.1 Å². The van der Waals surface area contributed by atoms with Crippen LogP contribution in [0, 0.1) is 11.6 Å². The van der Waals surface area contributed by atoms with Gasteiger partial charge in [0.1, 0.15) is 17.7 Å². The lowest BCUT2D eigenvalue weighted by atomic mass is 9.93. The van der Waals surface area contributed by atoms with Crippen molar-refractivity contribution < 1.29 is 23.1 Å². The van der Waals surface area contributed by atoms with Gasteiger partial charge in [0.25, 0.3) is 0 Å². The maximum atomic E-state index is 13.6. The van der Waals surface area contributed by atoms with E-state index in [1.54, 1.807) is 0 Å². The van der Waals surface area contributed by atoms with Crippen molar-refractivity contribution in [3.63, 3.8) is 0 Å². The summed E-state index contributed by atoms with van der Waals surface area (Å²) in [6.07, 6.45) is -0.676. The Morgan fingerprint density at radius 3 is 2.29 bits per heavy atom. The molecular weight excluding hydrogens is 470 g/mol. The van der Waals surface area contributed by atoms with Crippen molar-refractivity contribution >= 4 is 27.8 Å². The molecule has 0 aliphatic carbocycles. The summed E-state index contributed by atoms with van der Waals surface area (Å²) in [6, 6.07) is 10.3. The maximum Gasteiger partial charge on any atom is 0.303 e. The van der Waals surface area contributed by atoms with Crippen molar-refractivity contribution in [2.75, 3.05) is 6.54 Å². The second kappa shape index (κ2) is 10.8. The standard InChI is InChI=1S/C23H27BrF2N2O3/c1-14(29)28-21(10-16-8-19(25)12-20(26)9-16)22(31-15(2)30)13-27-23(3,4)17-6-5-7-18(24)11-17/h5-9,11-12,21-22,27H,10,13H2,1-4H3,(H,28,29)/t21-,22+/m0/s1. The highest BCUT2D eigenvalue weighted by Gasteiger charge is 2.29. The molecule has 0 saturated carbocycles. The molecule has 0 aromatic heterocycles. The Labute approximate surface area is 189 Å². The number of halogens is 3. The first-order chi connectivity index (χ1) is 14.5. The van der Waals surface area contributed by atoms with Crippen LogP contribution in [0.15, 0.2) is 46.9 Å². The van der Waals surface area contributed by atoms with E-state index in [0.29, 0.717) is 5.56 Å². The van der Waals surface area contributed by atoms with E-state index < -0.39 is 35.3 Å². The van der Waals surface area contributed by atoms with Crippen molar-refractivity contribution in [2.45, 2.75) is 51.8 Å². The Bertz CT molecular complexity index is 917. The summed E-state index contributed by atoms with van der Waals surface area (Å²) < 4.78 is 33.7. The van der Waals surface area contributed by atoms with Crippen molar-refractivity contribution in [1.82, 2.24) is 10.6 Å². The number of amides is 1. The predicted octanol–water partition coefficient (Wildman–Crippen LogP) is 4.23. The molecule has 8 heteroatoms. The third kappa shape index (κ3) is 8.03. The van der Waals surface area contributed by atoms with Crippen LogP contribution in [0.4, 0.5) is 8.78 Å². The summed E-state index contributed by atoms with van der Waals surface area (Å²) >= 11 is 3.46. The number of ether oxygens (including phenoxy) is 1. The highest BCUT2D eigenvalue weighted by atomic mass is 79.9. The first-order valence-electron chi connectivity index (χ1n) is 9.86. The Kier molecular flexibility index (Phi) is 8.70. The summed E-state index contributed by atoms with van der Waals surface area (Å²) in [6.45, 7) is 6.79. The summed E-state index contributed by atoms with van der Waals surface area (Å²) in [4.78, 5) is 23.6. The summed E-state index contributed by atoms with van der Waals surface area (Å²) in [5, 5.41) is 6.12. The monoisotopic (exact) mass is 496 g/mol. The smallest absolute Gasteiger partial charge is 0.303 e. The number of rotatable bonds is 9. The van der Waals surface area contributed by atoms with Gasteiger partial charge in [0.05, 0.1) is 6.04 Å². The molecular formula is C23H27BrF2N2O3. The van der Waals surface area contributed by atoms with Crippen molar-refractivity contribution in [3.8, 4) is 0 Å². The number of nitrogens with one attached hydrogen (secondary N) is 2. The van der Waals surface area contributed by atoms with Crippen LogP contribution >= 0.6 is 15.9 Å². The Morgan fingerprint density at radius 1 is 1.10 bits per heavy atom. The molecule has 0 aliphatic rings. The van der Waals surface area contributed by atoms with Gasteiger partial charge in [0.15, 0.2) is 0 Å². The second-order valence-corrected chi connectivity index (χ2v) is 8.87. The second-order valence-electron chi connectivity index (χ2n) is 7.95. The van der Waals surface area contributed by atoms with E-state index >= 15 is 0 Å². The van der Waals surface area contributed by atoms with Crippen molar-refractivity contribution in [1.29, 1.82) is 0 Å². The Morgan fingerprint density at radius 2 is 1.74 bits per heavy atom. The fourth-order valence-electron chi connectivity index (χ4n) is 3.33. The minimum Gasteiger partial charge on any atom is -0.459 e. The molecule has 2 aromatic rings. The lowest BCUT2D eigenvalue weighted by molar-refractivity contribution is -0.148. The van der Waals surface area contributed by atoms with Gasteiger partial charge in [-0.05, 0) is 55.7 Å². The number of hydrogen-bond donors (Lipinski definition) is 2. The molecule has 5 nitrogen and oxygen atoms in total. The first-order valence-corrected chi connectivity index (χ1v) is 10.7. The quantitative estimate of drug-likeness (QED) is 0.509. The van der Waals surface area contributed by atoms with Crippen LogP contribution in [0.25, 0.3) is 0 Å². The number of benzene rings is 2. The van der Waals surface area contributed by atoms with E-state index in [2.05, 4.69) is 26.6 Å². The normalized spacial score (nSPS) is 13.4. The van der Waals surface area contributed by atoms with E-state index in [4.69, 9.17) is 4.74 Å². The lowest BCUT2D eigenvalue weighted by Gasteiger charge is -2.33. The molecule has 0 spiro atoms. The van der Waals surface area contributed by atoms with Gasteiger partial charge in [-0.15, -0.1) is 0 Å². The molecule has 2 N–H and O–H groups in total. The van der Waals surface area contributed by atoms with Crippen LogP contribution in [0.5, 0.6) is 0 Å². The van der Waals surface area contributed by atoms with Gasteiger partial charge in [-0.1, -0.05) is 28.1 Å². The van der Waals surface area contributed by atoms with Crippen LogP contribution in [0.1, 0.15) is 38.8 Å². The summed E-state index contributed by atoms with van der Waals surface area (Å²) in [5.41, 5.74) is 0.875. The molecule has 31 heavy (non-hydrogen) atoms. The fourth-order valence-corrected chi connectivity index (χ4v) is 3.73. The summed E-state index contributed by atoms with van der Waals surface area (Å²) in [7, 11) is 0. The molecule has 0 fully saturated rings. The number of carbonyl (C=O) groups excluding carboxylic acids is 2. The number of esters is 1. The zero-order valence-electron chi connectivity index (χ0n) is 18.0. The van der Waals surface area contributed by atoms with E-state index in [0.717, 1.165) is 16.1 Å². The first kappa shape index (κ1) is 24.9. The highest BCUT2D eigenvalue weighted by Crippen LogP contribution is 2.24. The van der Waals surface area contributed by atoms with Crippen LogP contribution < -0.4 is 10.6 Å². The van der Waals surface area contributed by atoms with Crippen LogP contribution in [0.3, 0.4) is 0 Å². The Balaban J connectivity index is 2.26. The molecule has 0 unspecified atom stereocenters. The average Bonchev–Trinajstić information content (AvgIpc) is 2.63. The molecule has 0 aliphatic heterocycles. The third-order valence-electron chi connectivity index (χ3n) is 4.82. The van der Waals surface area contributed by atoms with Crippen LogP contribution in [-0.2, 0) is 26.3 Å². The van der Waals surface area contributed by atoms with Gasteiger partial charge in [0.2, 0.25) is 5.91 Å². The van der Waals surface area contributed by atoms with Gasteiger partial charge >= 0.3 is 5.97 Å². The predicted molar refractivity (Wildman–Crippen MR) is 118 cm³/mol. The largest absolute Gasteiger partial charge is 0.459 e. The molecule has 0 heterocycles.